The molecule has 0 aliphatic heterocycles. The van der Waals surface area contributed by atoms with E-state index in [9.17, 15) is 0 Å². The van der Waals surface area contributed by atoms with Crippen molar-refractivity contribution < 1.29 is 4.68 Å². The third-order valence-corrected chi connectivity index (χ3v) is 9.81. The summed E-state index contributed by atoms with van der Waals surface area (Å²) >= 11 is 0. The zero-order valence-corrected chi connectivity index (χ0v) is 27.0. The van der Waals surface area contributed by atoms with Crippen molar-refractivity contribution in [3.8, 4) is 35.4 Å². The number of fused-ring (bicyclic) bond motifs is 10. The Bertz CT molecular complexity index is 2960. The van der Waals surface area contributed by atoms with Crippen molar-refractivity contribution >= 4 is 54.4 Å². The number of para-hydroxylation sites is 3. The topological polar surface area (TPSA) is 40.7 Å². The van der Waals surface area contributed by atoms with Gasteiger partial charge in [-0.15, -0.1) is 6.42 Å². The van der Waals surface area contributed by atoms with Gasteiger partial charge in [0.05, 0.1) is 22.7 Å². The maximum Gasteiger partial charge on any atom is 0.165 e. The summed E-state index contributed by atoms with van der Waals surface area (Å²) in [7, 11) is 0. The lowest BCUT2D eigenvalue weighted by molar-refractivity contribution is -0.737. The molecule has 10 aromatic rings. The Morgan fingerprint density at radius 1 is 0.560 bits per heavy atom. The van der Waals surface area contributed by atoms with Crippen molar-refractivity contribution in [2.75, 3.05) is 0 Å². The van der Waals surface area contributed by atoms with Crippen molar-refractivity contribution in [2.45, 2.75) is 6.54 Å². The average Bonchev–Trinajstić information content (AvgIpc) is 3.86. The molecule has 0 atom stereocenters. The highest BCUT2D eigenvalue weighted by atomic mass is 15.4. The summed E-state index contributed by atoms with van der Waals surface area (Å²) in [5.74, 6) is 4.40. The zero-order chi connectivity index (χ0) is 33.2. The summed E-state index contributed by atoms with van der Waals surface area (Å²) in [4.78, 5) is 5.36. The van der Waals surface area contributed by atoms with Crippen molar-refractivity contribution in [2.24, 2.45) is 0 Å². The summed E-state index contributed by atoms with van der Waals surface area (Å²) in [5.41, 5.74) is 8.31. The van der Waals surface area contributed by atoms with Gasteiger partial charge >= 0.3 is 0 Å². The first-order valence-electron chi connectivity index (χ1n) is 16.8. The Hall–Kier alpha value is -6.90. The van der Waals surface area contributed by atoms with Crippen LogP contribution in [0.4, 0.5) is 0 Å². The SMILES string of the molecule is C#Cc1ccccc1-n1c2ccccc2c2c1c1ccccc1c1c3ccccc3n(-c3nc(-c4ccccc4)[n+](Cc4ccccc4)[n-]3)c12. The number of rotatable bonds is 5. The molecule has 0 N–H and O–H groups in total. The Morgan fingerprint density at radius 3 is 1.88 bits per heavy atom. The molecule has 0 amide bonds. The lowest BCUT2D eigenvalue weighted by Gasteiger charge is -2.15. The minimum atomic E-state index is 0.593. The third kappa shape index (κ3) is 4.09. The second-order valence-corrected chi connectivity index (χ2v) is 12.6. The maximum atomic E-state index is 6.13. The molecule has 234 valence electrons. The van der Waals surface area contributed by atoms with E-state index in [1.54, 1.807) is 0 Å². The molecule has 7 aromatic carbocycles. The quantitative estimate of drug-likeness (QED) is 0.139. The number of terminal acetylenes is 1. The standard InChI is InChI=1S/C45H29N5/c1-2-31-19-9-14-26-37(31)49-38-27-15-13-25-36(38)41-42(49)34-23-11-10-22-33(34)40-35-24-12-16-28-39(35)50(43(40)41)45-46-44(32-20-7-4-8-21-32)48(47-45)29-30-17-5-3-6-18-30/h1,3-28H,29H2. The van der Waals surface area contributed by atoms with Crippen LogP contribution in [0.5, 0.6) is 0 Å². The van der Waals surface area contributed by atoms with Crippen molar-refractivity contribution in [1.29, 1.82) is 0 Å². The van der Waals surface area contributed by atoms with Crippen LogP contribution in [0.1, 0.15) is 11.1 Å². The van der Waals surface area contributed by atoms with E-state index in [4.69, 9.17) is 16.5 Å². The van der Waals surface area contributed by atoms with E-state index in [-0.39, 0.29) is 0 Å². The highest BCUT2D eigenvalue weighted by molar-refractivity contribution is 6.36. The molecular weight excluding hydrogens is 611 g/mol. The van der Waals surface area contributed by atoms with Crippen LogP contribution in [-0.2, 0) is 6.54 Å². The van der Waals surface area contributed by atoms with E-state index in [1.165, 1.54) is 10.8 Å². The Kier molecular flexibility index (Phi) is 6.24. The predicted octanol–water partition coefficient (Wildman–Crippen LogP) is 9.37. The predicted molar refractivity (Wildman–Crippen MR) is 203 cm³/mol. The first kappa shape index (κ1) is 28.1. The lowest BCUT2D eigenvalue weighted by atomic mass is 9.99. The molecule has 3 aromatic heterocycles. The number of hydrogen-bond donors (Lipinski definition) is 0. The number of nitrogens with zero attached hydrogens (tertiary/aromatic N) is 5. The molecular formula is C45H29N5. The third-order valence-electron chi connectivity index (χ3n) is 9.81. The molecule has 5 nitrogen and oxygen atoms in total. The summed E-state index contributed by atoms with van der Waals surface area (Å²) in [6, 6.07) is 55.0. The van der Waals surface area contributed by atoms with Gasteiger partial charge in [0.25, 0.3) is 0 Å². The van der Waals surface area contributed by atoms with Gasteiger partial charge in [0.15, 0.2) is 5.82 Å². The van der Waals surface area contributed by atoms with Gasteiger partial charge in [-0.25, -0.2) is 9.78 Å². The molecule has 0 aliphatic carbocycles. The second kappa shape index (κ2) is 11.1. The molecule has 0 saturated carbocycles. The number of hydrogen-bond acceptors (Lipinski definition) is 1. The maximum absolute atomic E-state index is 6.13. The lowest BCUT2D eigenvalue weighted by Crippen LogP contribution is -2.40. The molecule has 0 fully saturated rings. The van der Waals surface area contributed by atoms with Crippen LogP contribution in [0.3, 0.4) is 0 Å². The van der Waals surface area contributed by atoms with Gasteiger partial charge in [-0.3, -0.25) is 0 Å². The molecule has 50 heavy (non-hydrogen) atoms. The van der Waals surface area contributed by atoms with Crippen LogP contribution in [0.25, 0.3) is 77.4 Å². The van der Waals surface area contributed by atoms with Gasteiger partial charge in [-0.05, 0) is 40.1 Å². The molecule has 5 heteroatoms. The highest BCUT2D eigenvalue weighted by Gasteiger charge is 2.24. The first-order chi connectivity index (χ1) is 24.8. The smallest absolute Gasteiger partial charge is 0.165 e. The van der Waals surface area contributed by atoms with E-state index in [2.05, 4.69) is 149 Å². The van der Waals surface area contributed by atoms with Crippen LogP contribution in [0.2, 0.25) is 0 Å². The molecule has 3 heterocycles. The summed E-state index contributed by atoms with van der Waals surface area (Å²) in [6.07, 6.45) is 6.13. The molecule has 10 rings (SSSR count). The normalized spacial score (nSPS) is 11.7. The van der Waals surface area contributed by atoms with Crippen molar-refractivity contribution in [3.05, 3.63) is 169 Å². The van der Waals surface area contributed by atoms with E-state index >= 15 is 0 Å². The molecule has 0 spiro atoms. The fourth-order valence-corrected chi connectivity index (χ4v) is 7.73. The van der Waals surface area contributed by atoms with Gasteiger partial charge in [-0.2, -0.15) is 0 Å². The van der Waals surface area contributed by atoms with Gasteiger partial charge in [0.2, 0.25) is 0 Å². The van der Waals surface area contributed by atoms with E-state index in [0.29, 0.717) is 12.5 Å². The molecule has 0 saturated heterocycles. The molecule has 0 radical (unpaired) electrons. The van der Waals surface area contributed by atoms with E-state index in [1.807, 2.05) is 28.9 Å². The summed E-state index contributed by atoms with van der Waals surface area (Å²) < 4.78 is 6.66. The summed E-state index contributed by atoms with van der Waals surface area (Å²) in [6.45, 7) is 0.593. The number of aromatic nitrogens is 5. The summed E-state index contributed by atoms with van der Waals surface area (Å²) in [5, 5.41) is 12.3. The fourth-order valence-electron chi connectivity index (χ4n) is 7.73. The van der Waals surface area contributed by atoms with Crippen LogP contribution < -0.4 is 9.78 Å². The molecule has 0 aliphatic rings. The van der Waals surface area contributed by atoms with E-state index < -0.39 is 0 Å². The van der Waals surface area contributed by atoms with E-state index in [0.717, 1.165) is 71.8 Å². The van der Waals surface area contributed by atoms with Crippen LogP contribution in [0, 0.1) is 12.3 Å². The minimum absolute atomic E-state index is 0.593. The Labute approximate surface area is 288 Å². The number of benzene rings is 7. The minimum Gasteiger partial charge on any atom is -0.363 e. The molecule has 0 unspecified atom stereocenters. The highest BCUT2D eigenvalue weighted by Crippen LogP contribution is 2.46. The second-order valence-electron chi connectivity index (χ2n) is 12.6. The fraction of sp³-hybridized carbons (Fsp3) is 0.0222. The van der Waals surface area contributed by atoms with Gasteiger partial charge in [0.1, 0.15) is 6.54 Å². The van der Waals surface area contributed by atoms with Crippen molar-refractivity contribution in [1.82, 2.24) is 19.2 Å². The van der Waals surface area contributed by atoms with Crippen LogP contribution in [-0.4, -0.2) is 14.1 Å². The monoisotopic (exact) mass is 639 g/mol. The van der Waals surface area contributed by atoms with Crippen molar-refractivity contribution in [3.63, 3.8) is 0 Å². The Balaban J connectivity index is 1.41. The van der Waals surface area contributed by atoms with Crippen LogP contribution >= 0.6 is 0 Å². The Morgan fingerprint density at radius 2 is 1.14 bits per heavy atom. The average molecular weight is 640 g/mol. The first-order valence-corrected chi connectivity index (χ1v) is 16.8. The van der Waals surface area contributed by atoms with Gasteiger partial charge in [0, 0.05) is 38.2 Å². The van der Waals surface area contributed by atoms with Crippen LogP contribution in [0.15, 0.2) is 158 Å². The largest absolute Gasteiger partial charge is 0.363 e. The van der Waals surface area contributed by atoms with Gasteiger partial charge < -0.3 is 14.1 Å². The molecule has 0 bridgehead atoms. The van der Waals surface area contributed by atoms with Gasteiger partial charge in [-0.1, -0.05) is 145 Å². The zero-order valence-electron chi connectivity index (χ0n) is 27.0.